The van der Waals surface area contributed by atoms with Crippen molar-refractivity contribution in [2.75, 3.05) is 15.1 Å². The van der Waals surface area contributed by atoms with Crippen LogP contribution in [0.2, 0.25) is 0 Å². The Morgan fingerprint density at radius 2 is 0.364 bits per heavy atom. The van der Waals surface area contributed by atoms with Gasteiger partial charge in [-0.25, -0.2) is 0 Å². The van der Waals surface area contributed by atoms with Gasteiger partial charge in [0.25, 0.3) is 0 Å². The lowest BCUT2D eigenvalue weighted by atomic mass is 9.94. The quantitative estimate of drug-likeness (QED) is 0.0928. The molecule has 0 aliphatic rings. The highest BCUT2D eigenvalue weighted by atomic mass is 79.9. The molecule has 0 aliphatic heterocycles. The molecular formula is C136H93Br2N5. The van der Waals surface area contributed by atoms with Crippen molar-refractivity contribution in [1.29, 1.82) is 0 Å². The first kappa shape index (κ1) is 88.0. The summed E-state index contributed by atoms with van der Waals surface area (Å²) in [5, 5.41) is 17.8. The summed E-state index contributed by atoms with van der Waals surface area (Å²) in [5.41, 5.74) is 34.7. The van der Waals surface area contributed by atoms with E-state index in [4.69, 9.17) is 0 Å². The average Bonchev–Trinajstić information content (AvgIpc) is 1.58. The highest BCUT2D eigenvalue weighted by Gasteiger charge is 2.23. The lowest BCUT2D eigenvalue weighted by Gasteiger charge is -2.25. The molecule has 0 saturated carbocycles. The number of fused-ring (bicyclic) bond motifs is 10. The van der Waals surface area contributed by atoms with Crippen molar-refractivity contribution in [3.8, 4) is 100 Å². The van der Waals surface area contributed by atoms with E-state index in [0.717, 1.165) is 99.1 Å². The van der Waals surface area contributed by atoms with Gasteiger partial charge in [0.1, 0.15) is 0 Å². The zero-order chi connectivity index (χ0) is 95.5. The van der Waals surface area contributed by atoms with Crippen LogP contribution in [0.25, 0.3) is 187 Å². The Morgan fingerprint density at radius 3 is 0.629 bits per heavy atom. The zero-order valence-electron chi connectivity index (χ0n) is 78.2. The van der Waals surface area contributed by atoms with Gasteiger partial charge in [0, 0.05) is 87.4 Å². The molecule has 0 amide bonds. The number of hydrogen-bond acceptors (Lipinski definition) is 3. The topological polar surface area (TPSA) is 28.4 Å². The minimum Gasteiger partial charge on any atom is -0.356 e. The SMILES string of the molecule is Brc1ccc2ccc(-c3cc(-c4ccc5ccc(Br)cc5c4)cc(-n4c5ccc(-c6ccccc6)cc5c5cc(-c6ccccc6)ccc54)c3)cc2c1.c1ccc(-c2ccc3c(c2)c2cc(-c4ccccc4)ccc2n3-c2cc(-c3ccc4ccc(N(c5ccccc5)c5ccccc5)cc4c3)cc(-c3ccc4ccc(N(c5ccccc5)c5ccccc5)cc4c3)c2)cc1.c1ccc(Nc2ccccc2)cc1. The van der Waals surface area contributed by atoms with Crippen LogP contribution in [0, 0.1) is 0 Å². The molecule has 5 nitrogen and oxygen atoms in total. The van der Waals surface area contributed by atoms with E-state index in [-0.39, 0.29) is 0 Å². The highest BCUT2D eigenvalue weighted by molar-refractivity contribution is 9.10. The van der Waals surface area contributed by atoms with E-state index in [2.05, 4.69) is 554 Å². The number of nitrogens with one attached hydrogen (secondary N) is 1. The normalized spacial score (nSPS) is 11.3. The third-order valence-corrected chi connectivity index (χ3v) is 28.3. The van der Waals surface area contributed by atoms with Gasteiger partial charge in [0.05, 0.1) is 22.1 Å². The number of nitrogens with zero attached hydrogens (tertiary/aromatic N) is 4. The Hall–Kier alpha value is -17.7. The summed E-state index contributed by atoms with van der Waals surface area (Å²) in [4.78, 5) is 4.67. The second-order valence-corrected chi connectivity index (χ2v) is 38.2. The number of halogens is 2. The third kappa shape index (κ3) is 18.3. The van der Waals surface area contributed by atoms with Crippen molar-refractivity contribution in [2.24, 2.45) is 0 Å². The van der Waals surface area contributed by atoms with Gasteiger partial charge >= 0.3 is 0 Å². The first-order chi connectivity index (χ1) is 70.6. The molecule has 0 radical (unpaired) electrons. The molecule has 0 unspecified atom stereocenters. The fraction of sp³-hybridized carbons (Fsp3) is 0. The molecule has 24 aromatic carbocycles. The molecule has 0 fully saturated rings. The maximum atomic E-state index is 3.70. The molecular weight excluding hydrogens is 1860 g/mol. The number of hydrogen-bond donors (Lipinski definition) is 1. The van der Waals surface area contributed by atoms with E-state index in [1.54, 1.807) is 0 Å². The first-order valence-electron chi connectivity index (χ1n) is 48.5. The maximum Gasteiger partial charge on any atom is 0.0541 e. The molecule has 0 spiro atoms. The molecule has 1 N–H and O–H groups in total. The third-order valence-electron chi connectivity index (χ3n) is 27.3. The standard InChI is InChI=1S/C74H51N3.C50H31Br2N.C12H11N/c1-7-19-52(20-8-1)58-37-41-73-71(50-58)72-51-59(53-21-9-2-10-22-53)38-42-74(72)77(73)70-48-62(56-33-31-54-35-39-68(46-60(54)43-56)75(64-23-11-3-12-24-64)65-25-13-4-14-26-65)45-63(49-70)57-34-32-55-36-40-69(47-61(55)44-57)76(66-27-15-5-16-28-66)67-29-17-6-18-30-67;51-44-19-15-34-11-13-36(23-40(34)26-44)42-25-43(37-14-12-35-16-20-45(52)27-41(35)24-37)29-46(28-42)53-49-21-17-38(32-7-3-1-4-8-32)30-47(49)48-31-39(18-22-50(48)53)33-9-5-2-6-10-33;1-3-7-11(8-4-1)13-12-9-5-2-6-10-12/h1-51H;1-31H;1-10,13H. The van der Waals surface area contributed by atoms with E-state index in [1.807, 2.05) is 60.7 Å². The Balaban J connectivity index is 0.000000143. The van der Waals surface area contributed by atoms with Gasteiger partial charge in [0.15, 0.2) is 0 Å². The predicted molar refractivity (Wildman–Crippen MR) is 616 cm³/mol. The molecule has 143 heavy (non-hydrogen) atoms. The average molecular weight is 1960 g/mol. The minimum atomic E-state index is 1.08. The molecule has 2 aromatic heterocycles. The van der Waals surface area contributed by atoms with E-state index in [1.165, 1.54) is 142 Å². The van der Waals surface area contributed by atoms with Crippen molar-refractivity contribution < 1.29 is 0 Å². The Labute approximate surface area is 849 Å². The largest absolute Gasteiger partial charge is 0.356 e. The van der Waals surface area contributed by atoms with E-state index in [0.29, 0.717) is 0 Å². The van der Waals surface area contributed by atoms with Crippen LogP contribution in [-0.2, 0) is 0 Å². The summed E-state index contributed by atoms with van der Waals surface area (Å²) >= 11 is 7.39. The van der Waals surface area contributed by atoms with Crippen LogP contribution in [0.15, 0.2) is 567 Å². The minimum absolute atomic E-state index is 1.08. The molecule has 0 atom stereocenters. The van der Waals surface area contributed by atoms with Crippen LogP contribution in [0.1, 0.15) is 0 Å². The molecule has 0 bridgehead atoms. The molecule has 0 aliphatic carbocycles. The Bertz CT molecular complexity index is 8570. The van der Waals surface area contributed by atoms with Crippen molar-refractivity contribution in [2.45, 2.75) is 0 Å². The van der Waals surface area contributed by atoms with Gasteiger partial charge in [-0.3, -0.25) is 0 Å². The molecule has 0 saturated heterocycles. The summed E-state index contributed by atoms with van der Waals surface area (Å²) in [6, 6.07) is 202. The van der Waals surface area contributed by atoms with E-state index >= 15 is 0 Å². The second kappa shape index (κ2) is 39.3. The van der Waals surface area contributed by atoms with Gasteiger partial charge in [-0.1, -0.05) is 359 Å². The number of benzene rings is 24. The summed E-state index contributed by atoms with van der Waals surface area (Å²) in [6.45, 7) is 0. The molecule has 7 heteroatoms. The molecule has 26 rings (SSSR count). The predicted octanol–water partition coefficient (Wildman–Crippen LogP) is 39.4. The fourth-order valence-electron chi connectivity index (χ4n) is 20.3. The molecule has 26 aromatic rings. The van der Waals surface area contributed by atoms with Crippen molar-refractivity contribution >= 4 is 164 Å². The lowest BCUT2D eigenvalue weighted by molar-refractivity contribution is 1.18. The summed E-state index contributed by atoms with van der Waals surface area (Å²) < 4.78 is 7.09. The lowest BCUT2D eigenvalue weighted by Crippen LogP contribution is -2.09. The number of anilines is 8. The summed E-state index contributed by atoms with van der Waals surface area (Å²) in [7, 11) is 0. The van der Waals surface area contributed by atoms with Gasteiger partial charge in [-0.05, 0) is 363 Å². The highest BCUT2D eigenvalue weighted by Crippen LogP contribution is 2.47. The van der Waals surface area contributed by atoms with Crippen molar-refractivity contribution in [1.82, 2.24) is 9.13 Å². The molecule has 2 heterocycles. The number of aromatic nitrogens is 2. The Morgan fingerprint density at radius 1 is 0.147 bits per heavy atom. The summed E-state index contributed by atoms with van der Waals surface area (Å²) in [5.74, 6) is 0. The van der Waals surface area contributed by atoms with Crippen LogP contribution in [0.5, 0.6) is 0 Å². The number of rotatable bonds is 18. The number of para-hydroxylation sites is 6. The monoisotopic (exact) mass is 1950 g/mol. The van der Waals surface area contributed by atoms with E-state index in [9.17, 15) is 0 Å². The summed E-state index contributed by atoms with van der Waals surface area (Å²) in [6.07, 6.45) is 0. The van der Waals surface area contributed by atoms with Gasteiger partial charge in [-0.15, -0.1) is 0 Å². The Kier molecular flexibility index (Phi) is 24.2. The zero-order valence-corrected chi connectivity index (χ0v) is 81.3. The second-order valence-electron chi connectivity index (χ2n) is 36.4. The van der Waals surface area contributed by atoms with Crippen LogP contribution in [-0.4, -0.2) is 9.13 Å². The first-order valence-corrected chi connectivity index (χ1v) is 50.1. The fourth-order valence-corrected chi connectivity index (χ4v) is 21.1. The maximum absolute atomic E-state index is 3.70. The van der Waals surface area contributed by atoms with Crippen LogP contribution in [0.3, 0.4) is 0 Å². The van der Waals surface area contributed by atoms with Crippen LogP contribution < -0.4 is 15.1 Å². The van der Waals surface area contributed by atoms with Gasteiger partial charge in [0.2, 0.25) is 0 Å². The van der Waals surface area contributed by atoms with Gasteiger partial charge in [-0.2, -0.15) is 0 Å². The van der Waals surface area contributed by atoms with Crippen molar-refractivity contribution in [3.63, 3.8) is 0 Å². The molecule has 676 valence electrons. The van der Waals surface area contributed by atoms with Crippen LogP contribution in [0.4, 0.5) is 45.5 Å². The van der Waals surface area contributed by atoms with E-state index < -0.39 is 0 Å². The van der Waals surface area contributed by atoms with Crippen molar-refractivity contribution in [3.05, 3.63) is 567 Å². The van der Waals surface area contributed by atoms with Gasteiger partial charge < -0.3 is 24.3 Å². The van der Waals surface area contributed by atoms with Crippen LogP contribution >= 0.6 is 31.9 Å². The smallest absolute Gasteiger partial charge is 0.0541 e.